The van der Waals surface area contributed by atoms with Crippen LogP contribution in [0, 0.1) is 6.92 Å². The molecule has 0 saturated carbocycles. The number of anilines is 1. The molecule has 2 aromatic rings. The first kappa shape index (κ1) is 16.7. The third-order valence-electron chi connectivity index (χ3n) is 2.56. The van der Waals surface area contributed by atoms with E-state index < -0.39 is 11.5 Å². The molecule has 0 bridgehead atoms. The van der Waals surface area contributed by atoms with Crippen LogP contribution in [-0.2, 0) is 20.7 Å². The number of aromatic amines is 1. The Morgan fingerprint density at radius 3 is 2.87 bits per heavy atom. The Bertz CT molecular complexity index is 770. The zero-order chi connectivity index (χ0) is 16.8. The van der Waals surface area contributed by atoms with E-state index in [1.54, 1.807) is 13.0 Å². The summed E-state index contributed by atoms with van der Waals surface area (Å²) in [6.45, 7) is 1.71. The number of nitrogens with one attached hydrogen (secondary N) is 2. The number of hydrogen-bond donors (Lipinski definition) is 2. The molecule has 0 unspecified atom stereocenters. The van der Waals surface area contributed by atoms with Crippen LogP contribution in [0.15, 0.2) is 26.6 Å². The summed E-state index contributed by atoms with van der Waals surface area (Å²) in [5, 5.41) is 6.42. The van der Waals surface area contributed by atoms with Gasteiger partial charge in [-0.05, 0) is 6.92 Å². The van der Waals surface area contributed by atoms with Crippen molar-refractivity contribution in [2.45, 2.75) is 18.5 Å². The smallest absolute Gasteiger partial charge is 0.311 e. The Labute approximate surface area is 134 Å². The van der Waals surface area contributed by atoms with Crippen molar-refractivity contribution in [1.29, 1.82) is 0 Å². The van der Waals surface area contributed by atoms with Gasteiger partial charge < -0.3 is 19.6 Å². The van der Waals surface area contributed by atoms with Gasteiger partial charge in [0.05, 0.1) is 25.0 Å². The second-order valence-corrected chi connectivity index (χ2v) is 5.42. The highest BCUT2D eigenvalue weighted by Crippen LogP contribution is 2.13. The maximum absolute atomic E-state index is 11.8. The van der Waals surface area contributed by atoms with E-state index in [9.17, 15) is 14.4 Å². The summed E-state index contributed by atoms with van der Waals surface area (Å²) in [4.78, 5) is 41.1. The molecule has 1 amide bonds. The third-order valence-corrected chi connectivity index (χ3v) is 3.43. The molecule has 0 fully saturated rings. The van der Waals surface area contributed by atoms with Crippen LogP contribution < -0.4 is 10.9 Å². The Morgan fingerprint density at radius 2 is 2.22 bits per heavy atom. The second kappa shape index (κ2) is 7.58. The predicted octanol–water partition coefficient (Wildman–Crippen LogP) is 0.513. The minimum atomic E-state index is -0.502. The number of aryl methyl sites for hydroxylation is 1. The summed E-state index contributed by atoms with van der Waals surface area (Å²) in [5.41, 5.74) is -0.135. The number of nitrogens with zero attached hydrogens (tertiary/aromatic N) is 2. The topological polar surface area (TPSA) is 127 Å². The van der Waals surface area contributed by atoms with E-state index in [1.165, 1.54) is 13.2 Å². The average molecular weight is 338 g/mol. The van der Waals surface area contributed by atoms with Crippen LogP contribution in [0.3, 0.4) is 0 Å². The largest absolute Gasteiger partial charge is 0.469 e. The summed E-state index contributed by atoms with van der Waals surface area (Å²) in [6.07, 6.45) is -0.113. The molecule has 2 aromatic heterocycles. The molecule has 2 N–H and O–H groups in total. The van der Waals surface area contributed by atoms with Crippen molar-refractivity contribution in [3.05, 3.63) is 33.9 Å². The summed E-state index contributed by atoms with van der Waals surface area (Å²) in [6, 6.07) is 2.79. The van der Waals surface area contributed by atoms with Gasteiger partial charge in [0.2, 0.25) is 5.91 Å². The zero-order valence-corrected chi connectivity index (χ0v) is 13.2. The fraction of sp³-hybridized carbons (Fsp3) is 0.308. The minimum Gasteiger partial charge on any atom is -0.469 e. The van der Waals surface area contributed by atoms with Crippen molar-refractivity contribution in [3.8, 4) is 0 Å². The van der Waals surface area contributed by atoms with Gasteiger partial charge in [-0.15, -0.1) is 0 Å². The van der Waals surface area contributed by atoms with Gasteiger partial charge >= 0.3 is 5.97 Å². The molecule has 0 radical (unpaired) electrons. The number of hydrogen-bond acceptors (Lipinski definition) is 8. The third kappa shape index (κ3) is 5.25. The van der Waals surface area contributed by atoms with Gasteiger partial charge in [0.15, 0.2) is 11.0 Å². The minimum absolute atomic E-state index is 0.0104. The Kier molecular flexibility index (Phi) is 5.52. The van der Waals surface area contributed by atoms with Gasteiger partial charge in [-0.3, -0.25) is 14.4 Å². The molecule has 0 aliphatic heterocycles. The quantitative estimate of drug-likeness (QED) is 0.443. The number of ether oxygens (including phenoxy) is 1. The fourth-order valence-corrected chi connectivity index (χ4v) is 2.30. The fourth-order valence-electron chi connectivity index (χ4n) is 1.60. The lowest BCUT2D eigenvalue weighted by Crippen LogP contribution is -2.17. The Morgan fingerprint density at radius 1 is 1.43 bits per heavy atom. The van der Waals surface area contributed by atoms with Gasteiger partial charge in [-0.2, -0.15) is 0 Å². The van der Waals surface area contributed by atoms with E-state index in [2.05, 4.69) is 25.2 Å². The average Bonchev–Trinajstić information content (AvgIpc) is 2.89. The van der Waals surface area contributed by atoms with Crippen molar-refractivity contribution in [2.75, 3.05) is 18.2 Å². The maximum atomic E-state index is 11.8. The Balaban J connectivity index is 1.95. The molecule has 0 aromatic carbocycles. The van der Waals surface area contributed by atoms with Crippen LogP contribution in [0.2, 0.25) is 0 Å². The number of carbonyl (C=O) groups excluding carboxylic acids is 2. The zero-order valence-electron chi connectivity index (χ0n) is 12.4. The van der Waals surface area contributed by atoms with Gasteiger partial charge in [0.25, 0.3) is 5.56 Å². The summed E-state index contributed by atoms with van der Waals surface area (Å²) in [5.74, 6) is 0.0715. The number of thioether (sulfide) groups is 1. The molecule has 0 aliphatic rings. The second-order valence-electron chi connectivity index (χ2n) is 4.45. The standard InChI is InChI=1S/C13H14N4O5S/c1-7-3-9(17-22-7)15-11(19)6-23-13-14-8(4-10(18)16-13)5-12(20)21-2/h3-4H,5-6H2,1-2H3,(H,14,16,18)(H,15,17,19). The van der Waals surface area contributed by atoms with Crippen molar-refractivity contribution in [2.24, 2.45) is 0 Å². The van der Waals surface area contributed by atoms with Crippen LogP contribution in [0.4, 0.5) is 5.82 Å². The van der Waals surface area contributed by atoms with E-state index in [-0.39, 0.29) is 28.9 Å². The lowest BCUT2D eigenvalue weighted by molar-refractivity contribution is -0.139. The molecule has 23 heavy (non-hydrogen) atoms. The highest BCUT2D eigenvalue weighted by molar-refractivity contribution is 7.99. The number of rotatable bonds is 6. The van der Waals surface area contributed by atoms with Crippen LogP contribution in [-0.4, -0.2) is 39.9 Å². The number of esters is 1. The number of carbonyl (C=O) groups is 2. The number of aromatic nitrogens is 3. The van der Waals surface area contributed by atoms with Gasteiger partial charge in [0.1, 0.15) is 5.76 Å². The van der Waals surface area contributed by atoms with Crippen LogP contribution in [0.5, 0.6) is 0 Å². The van der Waals surface area contributed by atoms with E-state index in [1.807, 2.05) is 0 Å². The monoisotopic (exact) mass is 338 g/mol. The summed E-state index contributed by atoms with van der Waals surface area (Å²) < 4.78 is 9.35. The number of amides is 1. The molecule has 0 saturated heterocycles. The van der Waals surface area contributed by atoms with Crippen LogP contribution >= 0.6 is 11.8 Å². The molecule has 2 rings (SSSR count). The first-order valence-corrected chi connectivity index (χ1v) is 7.48. The molecule has 122 valence electrons. The molecule has 9 nitrogen and oxygen atoms in total. The first-order valence-electron chi connectivity index (χ1n) is 6.49. The normalized spacial score (nSPS) is 10.3. The molecule has 0 atom stereocenters. The van der Waals surface area contributed by atoms with Crippen LogP contribution in [0.1, 0.15) is 11.5 Å². The SMILES string of the molecule is COC(=O)Cc1cc(=O)[nH]c(SCC(=O)Nc2cc(C)on2)n1. The lowest BCUT2D eigenvalue weighted by Gasteiger charge is -2.03. The maximum Gasteiger partial charge on any atom is 0.311 e. The molecule has 10 heteroatoms. The molecular weight excluding hydrogens is 324 g/mol. The van der Waals surface area contributed by atoms with Gasteiger partial charge in [-0.25, -0.2) is 4.98 Å². The van der Waals surface area contributed by atoms with Crippen molar-refractivity contribution >= 4 is 29.5 Å². The lowest BCUT2D eigenvalue weighted by atomic mass is 10.3. The summed E-state index contributed by atoms with van der Waals surface area (Å²) in [7, 11) is 1.25. The van der Waals surface area contributed by atoms with Gasteiger partial charge in [0, 0.05) is 12.1 Å². The molecular formula is C13H14N4O5S. The summed E-state index contributed by atoms with van der Waals surface area (Å²) >= 11 is 1.03. The number of H-pyrrole nitrogens is 1. The first-order chi connectivity index (χ1) is 11.0. The van der Waals surface area contributed by atoms with E-state index >= 15 is 0 Å². The highest BCUT2D eigenvalue weighted by Gasteiger charge is 2.10. The molecule has 2 heterocycles. The van der Waals surface area contributed by atoms with Crippen LogP contribution in [0.25, 0.3) is 0 Å². The van der Waals surface area contributed by atoms with E-state index in [4.69, 9.17) is 4.52 Å². The van der Waals surface area contributed by atoms with Crippen molar-refractivity contribution < 1.29 is 18.8 Å². The van der Waals surface area contributed by atoms with E-state index in [0.29, 0.717) is 11.6 Å². The van der Waals surface area contributed by atoms with Crippen molar-refractivity contribution in [1.82, 2.24) is 15.1 Å². The highest BCUT2D eigenvalue weighted by atomic mass is 32.2. The molecule has 0 spiro atoms. The van der Waals surface area contributed by atoms with Gasteiger partial charge in [-0.1, -0.05) is 16.9 Å². The Hall–Kier alpha value is -2.62. The van der Waals surface area contributed by atoms with E-state index in [0.717, 1.165) is 11.8 Å². The van der Waals surface area contributed by atoms with Crippen molar-refractivity contribution in [3.63, 3.8) is 0 Å². The predicted molar refractivity (Wildman–Crippen MR) is 81.2 cm³/mol. The molecule has 0 aliphatic carbocycles. The number of methoxy groups -OCH3 is 1.